The molecule has 5 nitrogen and oxygen atoms in total. The van der Waals surface area contributed by atoms with Gasteiger partial charge in [-0.1, -0.05) is 20.8 Å². The molecule has 0 radical (unpaired) electrons. The van der Waals surface area contributed by atoms with Gasteiger partial charge in [-0.25, -0.2) is 4.39 Å². The maximum Gasteiger partial charge on any atom is 0.246 e. The van der Waals surface area contributed by atoms with E-state index in [1.165, 1.54) is 17.2 Å². The SMILES string of the molecule is CCC1C(=O)NC(C(C)C)C(=O)N1Cc1cncc(F)c1. The number of rotatable bonds is 4. The molecule has 2 heterocycles. The molecule has 6 heteroatoms. The van der Waals surface area contributed by atoms with Crippen LogP contribution in [0, 0.1) is 11.7 Å². The number of amides is 2. The predicted octanol–water partition coefficient (Wildman–Crippen LogP) is 1.48. The summed E-state index contributed by atoms with van der Waals surface area (Å²) >= 11 is 0. The van der Waals surface area contributed by atoms with E-state index in [9.17, 15) is 14.0 Å². The average Bonchev–Trinajstić information content (AvgIpc) is 2.42. The van der Waals surface area contributed by atoms with E-state index < -0.39 is 17.9 Å². The zero-order valence-corrected chi connectivity index (χ0v) is 12.5. The van der Waals surface area contributed by atoms with Crippen LogP contribution >= 0.6 is 0 Å². The van der Waals surface area contributed by atoms with Crippen molar-refractivity contribution in [1.29, 1.82) is 0 Å². The van der Waals surface area contributed by atoms with Crippen LogP contribution in [0.2, 0.25) is 0 Å². The number of piperazine rings is 1. The molecule has 21 heavy (non-hydrogen) atoms. The van der Waals surface area contributed by atoms with E-state index in [4.69, 9.17) is 0 Å². The third-order valence-corrected chi connectivity index (χ3v) is 3.69. The number of hydrogen-bond donors (Lipinski definition) is 1. The first-order chi connectivity index (χ1) is 9.93. The Morgan fingerprint density at radius 2 is 2.10 bits per heavy atom. The van der Waals surface area contributed by atoms with E-state index in [-0.39, 0.29) is 24.3 Å². The molecule has 2 unspecified atom stereocenters. The van der Waals surface area contributed by atoms with Gasteiger partial charge >= 0.3 is 0 Å². The van der Waals surface area contributed by atoms with E-state index in [1.807, 2.05) is 20.8 Å². The number of pyridine rings is 1. The Bertz CT molecular complexity index is 547. The molecular weight excluding hydrogens is 273 g/mol. The summed E-state index contributed by atoms with van der Waals surface area (Å²) in [5.41, 5.74) is 0.582. The second-order valence-corrected chi connectivity index (χ2v) is 5.63. The lowest BCUT2D eigenvalue weighted by atomic mass is 9.96. The fourth-order valence-corrected chi connectivity index (χ4v) is 2.57. The lowest BCUT2D eigenvalue weighted by molar-refractivity contribution is -0.151. The third-order valence-electron chi connectivity index (χ3n) is 3.69. The van der Waals surface area contributed by atoms with Gasteiger partial charge in [0.25, 0.3) is 0 Å². The van der Waals surface area contributed by atoms with Gasteiger partial charge in [-0.3, -0.25) is 14.6 Å². The lowest BCUT2D eigenvalue weighted by Crippen LogP contribution is -2.64. The van der Waals surface area contributed by atoms with Gasteiger partial charge in [0.05, 0.1) is 6.20 Å². The summed E-state index contributed by atoms with van der Waals surface area (Å²) in [6.45, 7) is 5.82. The molecule has 0 spiro atoms. The number of aromatic nitrogens is 1. The van der Waals surface area contributed by atoms with Crippen LogP contribution in [0.25, 0.3) is 0 Å². The Morgan fingerprint density at radius 1 is 1.38 bits per heavy atom. The van der Waals surface area contributed by atoms with E-state index in [0.29, 0.717) is 12.0 Å². The number of nitrogens with zero attached hydrogens (tertiary/aromatic N) is 2. The summed E-state index contributed by atoms with van der Waals surface area (Å²) in [7, 11) is 0. The molecule has 0 bridgehead atoms. The van der Waals surface area contributed by atoms with E-state index in [2.05, 4.69) is 10.3 Å². The van der Waals surface area contributed by atoms with Crippen LogP contribution < -0.4 is 5.32 Å². The molecular formula is C15H20FN3O2. The van der Waals surface area contributed by atoms with Gasteiger partial charge in [0, 0.05) is 12.7 Å². The molecule has 2 atom stereocenters. The number of halogens is 1. The Morgan fingerprint density at radius 3 is 2.67 bits per heavy atom. The molecule has 0 aromatic carbocycles. The van der Waals surface area contributed by atoms with E-state index >= 15 is 0 Å². The third kappa shape index (κ3) is 3.20. The molecule has 2 amide bonds. The van der Waals surface area contributed by atoms with Crippen molar-refractivity contribution in [3.8, 4) is 0 Å². The highest BCUT2D eigenvalue weighted by molar-refractivity contribution is 5.97. The second kappa shape index (κ2) is 6.20. The average molecular weight is 293 g/mol. The maximum absolute atomic E-state index is 13.2. The molecule has 2 rings (SSSR count). The smallest absolute Gasteiger partial charge is 0.246 e. The number of carbonyl (C=O) groups excluding carboxylic acids is 2. The summed E-state index contributed by atoms with van der Waals surface area (Å²) in [6, 6.07) is 0.293. The molecule has 1 fully saturated rings. The molecule has 0 aliphatic carbocycles. The van der Waals surface area contributed by atoms with Crippen molar-refractivity contribution in [2.24, 2.45) is 5.92 Å². The second-order valence-electron chi connectivity index (χ2n) is 5.63. The minimum atomic E-state index is -0.526. The maximum atomic E-state index is 13.2. The fraction of sp³-hybridized carbons (Fsp3) is 0.533. The Balaban J connectivity index is 2.27. The van der Waals surface area contributed by atoms with Gasteiger partial charge in [0.15, 0.2) is 0 Å². The molecule has 1 aliphatic rings. The lowest BCUT2D eigenvalue weighted by Gasteiger charge is -2.40. The molecule has 0 saturated carbocycles. The summed E-state index contributed by atoms with van der Waals surface area (Å²) < 4.78 is 13.2. The minimum absolute atomic E-state index is 0.00684. The van der Waals surface area contributed by atoms with Gasteiger partial charge in [-0.2, -0.15) is 0 Å². The highest BCUT2D eigenvalue weighted by atomic mass is 19.1. The first-order valence-electron chi connectivity index (χ1n) is 7.14. The molecule has 1 N–H and O–H groups in total. The van der Waals surface area contributed by atoms with Crippen molar-refractivity contribution >= 4 is 11.8 Å². The first kappa shape index (κ1) is 15.4. The molecule has 114 valence electrons. The minimum Gasteiger partial charge on any atom is -0.342 e. The highest BCUT2D eigenvalue weighted by Crippen LogP contribution is 2.20. The van der Waals surface area contributed by atoms with Gasteiger partial charge in [-0.15, -0.1) is 0 Å². The summed E-state index contributed by atoms with van der Waals surface area (Å²) in [5.74, 6) is -0.719. The van der Waals surface area contributed by atoms with Crippen LogP contribution in [0.1, 0.15) is 32.8 Å². The summed E-state index contributed by atoms with van der Waals surface area (Å²) in [5, 5.41) is 2.77. The summed E-state index contributed by atoms with van der Waals surface area (Å²) in [6.07, 6.45) is 3.15. The van der Waals surface area contributed by atoms with Crippen LogP contribution in [0.15, 0.2) is 18.5 Å². The van der Waals surface area contributed by atoms with Crippen LogP contribution in [-0.2, 0) is 16.1 Å². The molecule has 1 saturated heterocycles. The summed E-state index contributed by atoms with van der Waals surface area (Å²) in [4.78, 5) is 30.0. The van der Waals surface area contributed by atoms with Gasteiger partial charge in [-0.05, 0) is 24.0 Å². The van der Waals surface area contributed by atoms with Crippen molar-refractivity contribution in [2.45, 2.75) is 45.8 Å². The Labute approximate surface area is 123 Å². The van der Waals surface area contributed by atoms with Gasteiger partial charge < -0.3 is 10.2 Å². The molecule has 1 aromatic rings. The largest absolute Gasteiger partial charge is 0.342 e. The highest BCUT2D eigenvalue weighted by Gasteiger charge is 2.40. The van der Waals surface area contributed by atoms with Gasteiger partial charge in [0.1, 0.15) is 17.9 Å². The quantitative estimate of drug-likeness (QED) is 0.914. The van der Waals surface area contributed by atoms with Crippen molar-refractivity contribution in [2.75, 3.05) is 0 Å². The van der Waals surface area contributed by atoms with E-state index in [1.54, 1.807) is 0 Å². The van der Waals surface area contributed by atoms with Gasteiger partial charge in [0.2, 0.25) is 11.8 Å². The molecule has 1 aromatic heterocycles. The monoisotopic (exact) mass is 293 g/mol. The number of nitrogens with one attached hydrogen (secondary N) is 1. The van der Waals surface area contributed by atoms with Crippen LogP contribution in [0.3, 0.4) is 0 Å². The number of carbonyl (C=O) groups is 2. The van der Waals surface area contributed by atoms with Crippen LogP contribution in [0.5, 0.6) is 0 Å². The van der Waals surface area contributed by atoms with Crippen LogP contribution in [0.4, 0.5) is 4.39 Å². The Kier molecular flexibility index (Phi) is 4.55. The van der Waals surface area contributed by atoms with Crippen LogP contribution in [-0.4, -0.2) is 33.8 Å². The van der Waals surface area contributed by atoms with Crippen molar-refractivity contribution < 1.29 is 14.0 Å². The standard InChI is InChI=1S/C15H20FN3O2/c1-4-12-14(20)18-13(9(2)3)15(21)19(12)8-10-5-11(16)7-17-6-10/h5-7,9,12-13H,4,8H2,1-3H3,(H,18,20). The molecule has 1 aliphatic heterocycles. The predicted molar refractivity (Wildman–Crippen MR) is 75.6 cm³/mol. The van der Waals surface area contributed by atoms with Crippen molar-refractivity contribution in [1.82, 2.24) is 15.2 Å². The zero-order chi connectivity index (χ0) is 15.6. The fourth-order valence-electron chi connectivity index (χ4n) is 2.57. The normalized spacial score (nSPS) is 22.6. The number of hydrogen-bond acceptors (Lipinski definition) is 3. The topological polar surface area (TPSA) is 62.3 Å². The zero-order valence-electron chi connectivity index (χ0n) is 12.5. The van der Waals surface area contributed by atoms with Crippen molar-refractivity contribution in [3.05, 3.63) is 29.8 Å². The first-order valence-corrected chi connectivity index (χ1v) is 7.14. The Hall–Kier alpha value is -1.98. The van der Waals surface area contributed by atoms with Crippen molar-refractivity contribution in [3.63, 3.8) is 0 Å². The van der Waals surface area contributed by atoms with E-state index in [0.717, 1.165) is 6.20 Å².